The molecule has 0 aliphatic carbocycles. The fraction of sp³-hybridized carbons (Fsp3) is 0.750. The van der Waals surface area contributed by atoms with E-state index in [0.717, 1.165) is 6.54 Å². The van der Waals surface area contributed by atoms with Gasteiger partial charge in [-0.15, -0.1) is 0 Å². The van der Waals surface area contributed by atoms with Crippen molar-refractivity contribution in [2.45, 2.75) is 25.6 Å². The number of hydrogen-bond donors (Lipinski definition) is 3. The number of aliphatic carboxylic acids is 1. The number of hydrogen-bond acceptors (Lipinski definition) is 3. The first-order valence-electron chi connectivity index (χ1n) is 4.46. The van der Waals surface area contributed by atoms with Crippen LogP contribution in [-0.4, -0.2) is 35.7 Å². The maximum Gasteiger partial charge on any atom is 0.490 e. The molecule has 94 valence electrons. The Kier molecular flexibility index (Phi) is 5.22. The highest BCUT2D eigenvalue weighted by atomic mass is 19.4. The molecule has 1 rings (SSSR count). The molecule has 0 aromatic heterocycles. The van der Waals surface area contributed by atoms with E-state index in [2.05, 4.69) is 12.2 Å². The summed E-state index contributed by atoms with van der Waals surface area (Å²) < 4.78 is 31.7. The molecule has 0 saturated carbocycles. The van der Waals surface area contributed by atoms with E-state index in [4.69, 9.17) is 15.6 Å². The Hall–Kier alpha value is -1.31. The summed E-state index contributed by atoms with van der Waals surface area (Å²) in [5, 5.41) is 10.3. The van der Waals surface area contributed by atoms with Crippen LogP contribution in [0.5, 0.6) is 0 Å². The van der Waals surface area contributed by atoms with Crippen LogP contribution in [0.1, 0.15) is 13.3 Å². The standard InChI is InChI=1S/C6H12N2O.C2HF3O2/c1-4-5(3-8-4)2-6(7)9;3-2(4,5)1(6)7/h4-5,8H,2-3H2,1H3,(H2,7,9);(H,6,7)/t4-,5-;/m1./s1. The van der Waals surface area contributed by atoms with Crippen LogP contribution in [0.25, 0.3) is 0 Å². The van der Waals surface area contributed by atoms with Gasteiger partial charge in [-0.3, -0.25) is 4.79 Å². The van der Waals surface area contributed by atoms with Crippen molar-refractivity contribution in [3.63, 3.8) is 0 Å². The second-order valence-electron chi connectivity index (χ2n) is 3.43. The van der Waals surface area contributed by atoms with Crippen LogP contribution in [-0.2, 0) is 9.59 Å². The van der Waals surface area contributed by atoms with Crippen LogP contribution in [0.3, 0.4) is 0 Å². The van der Waals surface area contributed by atoms with E-state index in [9.17, 15) is 18.0 Å². The van der Waals surface area contributed by atoms with E-state index >= 15 is 0 Å². The maximum absolute atomic E-state index is 10.6. The van der Waals surface area contributed by atoms with Crippen molar-refractivity contribution in [3.8, 4) is 0 Å². The number of rotatable bonds is 2. The monoisotopic (exact) mass is 242 g/mol. The summed E-state index contributed by atoms with van der Waals surface area (Å²) in [6.07, 6.45) is -4.55. The molecule has 5 nitrogen and oxygen atoms in total. The third kappa shape index (κ3) is 5.54. The van der Waals surface area contributed by atoms with Gasteiger partial charge in [-0.25, -0.2) is 4.79 Å². The lowest BCUT2D eigenvalue weighted by atomic mass is 9.90. The number of nitrogens with two attached hydrogens (primary N) is 1. The number of carboxylic acid groups (broad SMARTS) is 1. The predicted octanol–water partition coefficient (Wildman–Crippen LogP) is 0.103. The zero-order valence-corrected chi connectivity index (χ0v) is 8.54. The van der Waals surface area contributed by atoms with Crippen LogP contribution >= 0.6 is 0 Å². The predicted molar refractivity (Wildman–Crippen MR) is 48.5 cm³/mol. The maximum atomic E-state index is 10.6. The van der Waals surface area contributed by atoms with Gasteiger partial charge in [0.25, 0.3) is 0 Å². The highest BCUT2D eigenvalue weighted by molar-refractivity contribution is 5.74. The number of carbonyl (C=O) groups excluding carboxylic acids is 1. The van der Waals surface area contributed by atoms with E-state index in [1.165, 1.54) is 0 Å². The van der Waals surface area contributed by atoms with Crippen molar-refractivity contribution in [3.05, 3.63) is 0 Å². The summed E-state index contributed by atoms with van der Waals surface area (Å²) in [5.74, 6) is -2.46. The number of amides is 1. The van der Waals surface area contributed by atoms with Crippen molar-refractivity contribution in [1.29, 1.82) is 0 Å². The first-order chi connectivity index (χ1) is 7.14. The Bertz CT molecular complexity index is 268. The zero-order valence-electron chi connectivity index (χ0n) is 8.54. The van der Waals surface area contributed by atoms with E-state index in [1.807, 2.05) is 0 Å². The van der Waals surface area contributed by atoms with Gasteiger partial charge in [0.1, 0.15) is 0 Å². The molecule has 8 heteroatoms. The minimum Gasteiger partial charge on any atom is -0.475 e. The van der Waals surface area contributed by atoms with Gasteiger partial charge in [0.2, 0.25) is 5.91 Å². The lowest BCUT2D eigenvalue weighted by Gasteiger charge is -2.34. The molecule has 0 aromatic rings. The largest absolute Gasteiger partial charge is 0.490 e. The molecular formula is C8H13F3N2O3. The first-order valence-corrected chi connectivity index (χ1v) is 4.46. The van der Waals surface area contributed by atoms with Gasteiger partial charge in [0.05, 0.1) is 0 Å². The third-order valence-electron chi connectivity index (χ3n) is 2.11. The fourth-order valence-electron chi connectivity index (χ4n) is 1.03. The lowest BCUT2D eigenvalue weighted by molar-refractivity contribution is -0.192. The molecule has 1 aliphatic rings. The van der Waals surface area contributed by atoms with E-state index in [0.29, 0.717) is 18.4 Å². The van der Waals surface area contributed by atoms with Gasteiger partial charge in [-0.05, 0) is 12.8 Å². The summed E-state index contributed by atoms with van der Waals surface area (Å²) in [6.45, 7) is 3.02. The van der Waals surface area contributed by atoms with E-state index < -0.39 is 12.1 Å². The molecule has 0 spiro atoms. The van der Waals surface area contributed by atoms with E-state index in [-0.39, 0.29) is 5.91 Å². The second kappa shape index (κ2) is 5.69. The van der Waals surface area contributed by atoms with Gasteiger partial charge >= 0.3 is 12.1 Å². The van der Waals surface area contributed by atoms with Crippen LogP contribution < -0.4 is 11.1 Å². The van der Waals surface area contributed by atoms with Gasteiger partial charge in [0.15, 0.2) is 0 Å². The fourth-order valence-corrected chi connectivity index (χ4v) is 1.03. The minimum atomic E-state index is -5.08. The Morgan fingerprint density at radius 2 is 1.94 bits per heavy atom. The lowest BCUT2D eigenvalue weighted by Crippen LogP contribution is -2.52. The number of primary amides is 1. The molecule has 0 unspecified atom stereocenters. The number of carbonyl (C=O) groups is 2. The molecule has 1 heterocycles. The van der Waals surface area contributed by atoms with Gasteiger partial charge in [0, 0.05) is 19.0 Å². The molecule has 0 aromatic carbocycles. The molecule has 1 saturated heterocycles. The molecule has 0 bridgehead atoms. The van der Waals surface area contributed by atoms with Crippen LogP contribution in [0.2, 0.25) is 0 Å². The van der Waals surface area contributed by atoms with Gasteiger partial charge < -0.3 is 16.2 Å². The summed E-state index contributed by atoms with van der Waals surface area (Å²) in [5.41, 5.74) is 5.00. The van der Waals surface area contributed by atoms with Crippen molar-refractivity contribution in [2.75, 3.05) is 6.54 Å². The van der Waals surface area contributed by atoms with Crippen molar-refractivity contribution in [1.82, 2.24) is 5.32 Å². The van der Waals surface area contributed by atoms with Crippen LogP contribution in [0.4, 0.5) is 13.2 Å². The molecule has 1 amide bonds. The SMILES string of the molecule is C[C@H]1NC[C@H]1CC(N)=O.O=C(O)C(F)(F)F. The minimum absolute atomic E-state index is 0.187. The van der Waals surface area contributed by atoms with Gasteiger partial charge in [-0.1, -0.05) is 0 Å². The molecule has 2 atom stereocenters. The van der Waals surface area contributed by atoms with Crippen molar-refractivity contribution < 1.29 is 27.9 Å². The Morgan fingerprint density at radius 1 is 1.50 bits per heavy atom. The topological polar surface area (TPSA) is 92.4 Å². The van der Waals surface area contributed by atoms with Crippen molar-refractivity contribution in [2.24, 2.45) is 11.7 Å². The summed E-state index contributed by atoms with van der Waals surface area (Å²) in [7, 11) is 0. The zero-order chi connectivity index (χ0) is 12.9. The van der Waals surface area contributed by atoms with Crippen LogP contribution in [0, 0.1) is 5.92 Å². The van der Waals surface area contributed by atoms with E-state index in [1.54, 1.807) is 0 Å². The first kappa shape index (κ1) is 14.7. The molecule has 0 radical (unpaired) electrons. The normalized spacial score (nSPS) is 23.8. The number of nitrogens with one attached hydrogen (secondary N) is 1. The Balaban J connectivity index is 0.000000293. The third-order valence-corrected chi connectivity index (χ3v) is 2.11. The quantitative estimate of drug-likeness (QED) is 0.640. The summed E-state index contributed by atoms with van der Waals surface area (Å²) >= 11 is 0. The molecule has 16 heavy (non-hydrogen) atoms. The number of carboxylic acids is 1. The van der Waals surface area contributed by atoms with Crippen LogP contribution in [0.15, 0.2) is 0 Å². The van der Waals surface area contributed by atoms with Gasteiger partial charge in [-0.2, -0.15) is 13.2 Å². The van der Waals surface area contributed by atoms with Crippen molar-refractivity contribution >= 4 is 11.9 Å². The second-order valence-corrected chi connectivity index (χ2v) is 3.43. The Morgan fingerprint density at radius 3 is 2.00 bits per heavy atom. The average Bonchev–Trinajstić information content (AvgIpc) is 2.11. The average molecular weight is 242 g/mol. The summed E-state index contributed by atoms with van der Waals surface area (Å²) in [4.78, 5) is 19.2. The molecule has 1 aliphatic heterocycles. The summed E-state index contributed by atoms with van der Waals surface area (Å²) in [6, 6.07) is 0.484. The highest BCUT2D eigenvalue weighted by Gasteiger charge is 2.38. The highest BCUT2D eigenvalue weighted by Crippen LogP contribution is 2.15. The number of alkyl halides is 3. The number of halogens is 3. The Labute approximate surface area is 89.8 Å². The molecular weight excluding hydrogens is 229 g/mol. The molecule has 1 fully saturated rings. The smallest absolute Gasteiger partial charge is 0.475 e. The molecule has 4 N–H and O–H groups in total.